The number of alkyl carbamates (subject to hydrolysis) is 1. The van der Waals surface area contributed by atoms with E-state index in [1.165, 1.54) is 25.2 Å². The Hall–Kier alpha value is -3.75. The highest BCUT2D eigenvalue weighted by Crippen LogP contribution is 2.41. The van der Waals surface area contributed by atoms with Crippen molar-refractivity contribution in [1.29, 1.82) is 0 Å². The third-order valence-electron chi connectivity index (χ3n) is 5.38. The first-order chi connectivity index (χ1) is 15.9. The minimum atomic E-state index is -0.608. The van der Waals surface area contributed by atoms with Gasteiger partial charge in [0.1, 0.15) is 17.9 Å². The number of esters is 1. The van der Waals surface area contributed by atoms with Gasteiger partial charge in [-0.25, -0.2) is 14.4 Å². The van der Waals surface area contributed by atoms with Crippen molar-refractivity contribution in [2.75, 3.05) is 25.7 Å². The van der Waals surface area contributed by atoms with Crippen LogP contribution in [0.5, 0.6) is 5.75 Å². The molecule has 33 heavy (non-hydrogen) atoms. The fraction of sp³-hybridized carbons (Fsp3) is 0.375. The van der Waals surface area contributed by atoms with Gasteiger partial charge in [0.2, 0.25) is 0 Å². The number of anilines is 1. The first-order valence-corrected chi connectivity index (χ1v) is 10.6. The summed E-state index contributed by atoms with van der Waals surface area (Å²) in [6.07, 6.45) is -0.729. The predicted molar refractivity (Wildman–Crippen MR) is 120 cm³/mol. The molecule has 176 valence electrons. The molecule has 9 nitrogen and oxygen atoms in total. The Morgan fingerprint density at radius 3 is 2.45 bits per heavy atom. The Bertz CT molecular complexity index is 1010. The topological polar surface area (TPSA) is 103 Å². The summed E-state index contributed by atoms with van der Waals surface area (Å²) in [5, 5.41) is 2.87. The van der Waals surface area contributed by atoms with Crippen molar-refractivity contribution in [2.24, 2.45) is 0 Å². The Labute approximate surface area is 192 Å². The van der Waals surface area contributed by atoms with Gasteiger partial charge in [-0.2, -0.15) is 0 Å². The summed E-state index contributed by atoms with van der Waals surface area (Å²) in [5.41, 5.74) is 2.06. The van der Waals surface area contributed by atoms with Gasteiger partial charge in [0.25, 0.3) is 0 Å². The number of carbonyl (C=O) groups is 3. The minimum Gasteiger partial charge on any atom is -0.496 e. The second-order valence-corrected chi connectivity index (χ2v) is 7.52. The molecule has 2 aromatic carbocycles. The number of nitrogens with zero attached hydrogens (tertiary/aromatic N) is 1. The van der Waals surface area contributed by atoms with Crippen LogP contribution in [0.3, 0.4) is 0 Å². The van der Waals surface area contributed by atoms with Gasteiger partial charge >= 0.3 is 18.2 Å². The van der Waals surface area contributed by atoms with E-state index < -0.39 is 24.2 Å². The van der Waals surface area contributed by atoms with Crippen LogP contribution >= 0.6 is 0 Å². The number of rotatable bonds is 6. The maximum atomic E-state index is 12.7. The van der Waals surface area contributed by atoms with Crippen molar-refractivity contribution < 1.29 is 33.3 Å². The number of nitrogens with one attached hydrogen (secondary N) is 1. The highest BCUT2D eigenvalue weighted by molar-refractivity contribution is 5.97. The lowest BCUT2D eigenvalue weighted by atomic mass is 9.90. The SMILES string of the molecule is CCOC(=O)N1c2cc(C(=O)OC)c(OC)cc2[C@H](NC(=O)OCc2ccccc2)C[C@@H]1C. The molecule has 0 unspecified atom stereocenters. The van der Waals surface area contributed by atoms with Crippen LogP contribution in [0, 0.1) is 0 Å². The van der Waals surface area contributed by atoms with E-state index in [0.717, 1.165) is 5.56 Å². The summed E-state index contributed by atoms with van der Waals surface area (Å²) in [6, 6.07) is 11.7. The number of benzene rings is 2. The van der Waals surface area contributed by atoms with E-state index in [1.54, 1.807) is 13.0 Å². The number of ether oxygens (including phenoxy) is 4. The standard InChI is InChI=1S/C24H28N2O7/c1-5-32-24(29)26-15(2)11-19(25-23(28)33-14-16-9-7-6-8-10-16)17-13-21(30-3)18(12-20(17)26)22(27)31-4/h6-10,12-13,15,19H,5,11,14H2,1-4H3,(H,25,28)/t15-,19+/m0/s1. The summed E-state index contributed by atoms with van der Waals surface area (Å²) < 4.78 is 20.8. The van der Waals surface area contributed by atoms with Crippen molar-refractivity contribution in [3.8, 4) is 5.75 Å². The zero-order valence-corrected chi connectivity index (χ0v) is 19.1. The van der Waals surface area contributed by atoms with Crippen molar-refractivity contribution >= 4 is 23.8 Å². The molecule has 0 saturated carbocycles. The van der Waals surface area contributed by atoms with E-state index in [1.807, 2.05) is 37.3 Å². The molecule has 1 aliphatic heterocycles. The highest BCUT2D eigenvalue weighted by atomic mass is 16.6. The molecule has 2 aromatic rings. The van der Waals surface area contributed by atoms with Crippen LogP contribution in [0.25, 0.3) is 0 Å². The zero-order chi connectivity index (χ0) is 24.0. The molecule has 9 heteroatoms. The monoisotopic (exact) mass is 456 g/mol. The van der Waals surface area contributed by atoms with E-state index in [4.69, 9.17) is 18.9 Å². The van der Waals surface area contributed by atoms with Gasteiger partial charge in [-0.15, -0.1) is 0 Å². The molecule has 0 saturated heterocycles. The number of fused-ring (bicyclic) bond motifs is 1. The smallest absolute Gasteiger partial charge is 0.414 e. The molecule has 2 amide bonds. The van der Waals surface area contributed by atoms with E-state index in [2.05, 4.69) is 5.32 Å². The Morgan fingerprint density at radius 2 is 1.82 bits per heavy atom. The largest absolute Gasteiger partial charge is 0.496 e. The second kappa shape index (κ2) is 10.7. The van der Waals surface area contributed by atoms with Crippen molar-refractivity contribution in [2.45, 2.75) is 39.0 Å². The van der Waals surface area contributed by atoms with Gasteiger partial charge in [0.05, 0.1) is 32.6 Å². The Balaban J connectivity index is 1.93. The average Bonchev–Trinajstić information content (AvgIpc) is 2.82. The zero-order valence-electron chi connectivity index (χ0n) is 19.1. The van der Waals surface area contributed by atoms with E-state index in [-0.39, 0.29) is 30.6 Å². The predicted octanol–water partition coefficient (Wildman–Crippen LogP) is 4.20. The molecule has 1 aliphatic rings. The molecule has 0 fully saturated rings. The molecule has 3 rings (SSSR count). The van der Waals surface area contributed by atoms with E-state index in [0.29, 0.717) is 17.7 Å². The molecule has 1 heterocycles. The van der Waals surface area contributed by atoms with Crippen LogP contribution in [0.4, 0.5) is 15.3 Å². The number of hydrogen-bond acceptors (Lipinski definition) is 7. The van der Waals surface area contributed by atoms with Gasteiger partial charge < -0.3 is 24.3 Å². The average molecular weight is 456 g/mol. The van der Waals surface area contributed by atoms with Crippen LogP contribution in [0.1, 0.15) is 47.8 Å². The highest BCUT2D eigenvalue weighted by Gasteiger charge is 2.37. The summed E-state index contributed by atoms with van der Waals surface area (Å²) in [5.74, 6) is -0.341. The number of amides is 2. The van der Waals surface area contributed by atoms with Crippen LogP contribution < -0.4 is 15.0 Å². The summed E-state index contributed by atoms with van der Waals surface area (Å²) in [4.78, 5) is 39.0. The fourth-order valence-corrected chi connectivity index (χ4v) is 3.84. The van der Waals surface area contributed by atoms with Gasteiger partial charge in [-0.1, -0.05) is 30.3 Å². The maximum absolute atomic E-state index is 12.7. The molecule has 2 atom stereocenters. The first kappa shape index (κ1) is 23.9. The van der Waals surface area contributed by atoms with E-state index >= 15 is 0 Å². The lowest BCUT2D eigenvalue weighted by molar-refractivity contribution is 0.0596. The molecule has 0 bridgehead atoms. The van der Waals surface area contributed by atoms with Gasteiger partial charge in [-0.05, 0) is 38.0 Å². The lowest BCUT2D eigenvalue weighted by Crippen LogP contribution is -2.46. The molecule has 0 radical (unpaired) electrons. The third-order valence-corrected chi connectivity index (χ3v) is 5.38. The molecular weight excluding hydrogens is 428 g/mol. The number of hydrogen-bond donors (Lipinski definition) is 1. The number of carbonyl (C=O) groups excluding carboxylic acids is 3. The quantitative estimate of drug-likeness (QED) is 0.513. The van der Waals surface area contributed by atoms with E-state index in [9.17, 15) is 14.4 Å². The molecule has 0 aromatic heterocycles. The van der Waals surface area contributed by atoms with Crippen LogP contribution in [-0.2, 0) is 20.8 Å². The van der Waals surface area contributed by atoms with Crippen LogP contribution in [0.2, 0.25) is 0 Å². The van der Waals surface area contributed by atoms with Gasteiger partial charge in [0.15, 0.2) is 0 Å². The number of methoxy groups -OCH3 is 2. The van der Waals surface area contributed by atoms with Crippen LogP contribution in [0.15, 0.2) is 42.5 Å². The van der Waals surface area contributed by atoms with Crippen molar-refractivity contribution in [3.05, 3.63) is 59.2 Å². The minimum absolute atomic E-state index is 0.126. The fourth-order valence-electron chi connectivity index (χ4n) is 3.84. The van der Waals surface area contributed by atoms with Crippen LogP contribution in [-0.4, -0.2) is 45.0 Å². The normalized spacial score (nSPS) is 16.9. The first-order valence-electron chi connectivity index (χ1n) is 10.6. The van der Waals surface area contributed by atoms with Gasteiger partial charge in [-0.3, -0.25) is 4.90 Å². The summed E-state index contributed by atoms with van der Waals surface area (Å²) in [6.45, 7) is 3.88. The summed E-state index contributed by atoms with van der Waals surface area (Å²) >= 11 is 0. The van der Waals surface area contributed by atoms with Crippen molar-refractivity contribution in [3.63, 3.8) is 0 Å². The maximum Gasteiger partial charge on any atom is 0.414 e. The third kappa shape index (κ3) is 5.36. The summed E-state index contributed by atoms with van der Waals surface area (Å²) in [7, 11) is 2.69. The second-order valence-electron chi connectivity index (χ2n) is 7.52. The Kier molecular flexibility index (Phi) is 7.76. The van der Waals surface area contributed by atoms with Crippen molar-refractivity contribution in [1.82, 2.24) is 5.32 Å². The van der Waals surface area contributed by atoms with Gasteiger partial charge in [0, 0.05) is 11.6 Å². The Morgan fingerprint density at radius 1 is 1.09 bits per heavy atom. The molecule has 0 aliphatic carbocycles. The molecular formula is C24H28N2O7. The lowest BCUT2D eigenvalue weighted by Gasteiger charge is -2.39. The molecule has 1 N–H and O–H groups in total. The molecule has 0 spiro atoms.